The van der Waals surface area contributed by atoms with Gasteiger partial charge in [0.25, 0.3) is 0 Å². The van der Waals surface area contributed by atoms with Crippen molar-refractivity contribution in [2.45, 2.75) is 59.0 Å². The lowest BCUT2D eigenvalue weighted by Gasteiger charge is -2.39. The Morgan fingerprint density at radius 1 is 1.36 bits per heavy atom. The molecule has 0 aromatic carbocycles. The van der Waals surface area contributed by atoms with Gasteiger partial charge in [-0.15, -0.1) is 24.0 Å². The molecular weight excluding hydrogens is 465 g/mol. The maximum Gasteiger partial charge on any atom is 0.193 e. The quantitative estimate of drug-likeness (QED) is 0.388. The maximum atomic E-state index is 6.14. The van der Waals surface area contributed by atoms with Gasteiger partial charge in [-0.05, 0) is 37.2 Å². The Balaban J connectivity index is 0.00000280. The van der Waals surface area contributed by atoms with E-state index in [1.165, 1.54) is 12.0 Å². The summed E-state index contributed by atoms with van der Waals surface area (Å²) < 4.78 is 8.03. The number of nitrogens with zero attached hydrogens (tertiary/aromatic N) is 4. The van der Waals surface area contributed by atoms with Crippen molar-refractivity contribution < 1.29 is 4.74 Å². The van der Waals surface area contributed by atoms with Crippen LogP contribution in [0.5, 0.6) is 0 Å². The van der Waals surface area contributed by atoms with Crippen molar-refractivity contribution >= 4 is 29.9 Å². The molecule has 3 heterocycles. The van der Waals surface area contributed by atoms with Crippen LogP contribution in [-0.4, -0.2) is 59.5 Å². The Labute approximate surface area is 187 Å². The van der Waals surface area contributed by atoms with Gasteiger partial charge >= 0.3 is 0 Å². The fourth-order valence-corrected chi connectivity index (χ4v) is 4.49. The van der Waals surface area contributed by atoms with Gasteiger partial charge in [0.1, 0.15) is 0 Å². The number of guanidine groups is 1. The van der Waals surface area contributed by atoms with Crippen molar-refractivity contribution in [3.63, 3.8) is 0 Å². The molecule has 3 unspecified atom stereocenters. The van der Waals surface area contributed by atoms with Crippen LogP contribution in [0.2, 0.25) is 0 Å². The van der Waals surface area contributed by atoms with Crippen LogP contribution in [0.1, 0.15) is 58.4 Å². The second kappa shape index (κ2) is 10.3. The first-order valence-corrected chi connectivity index (χ1v) is 10.5. The average molecular weight is 503 g/mol. The molecule has 1 aromatic rings. The summed E-state index contributed by atoms with van der Waals surface area (Å²) in [5.41, 5.74) is 1.50. The van der Waals surface area contributed by atoms with Gasteiger partial charge in [0.2, 0.25) is 0 Å². The number of likely N-dealkylation sites (tertiary alicyclic amines) is 1. The monoisotopic (exact) mass is 503 g/mol. The first-order valence-electron chi connectivity index (χ1n) is 10.5. The molecule has 28 heavy (non-hydrogen) atoms. The fraction of sp³-hybridized carbons (Fsp3) is 0.810. The third-order valence-electron chi connectivity index (χ3n) is 5.79. The summed E-state index contributed by atoms with van der Waals surface area (Å²) >= 11 is 0. The van der Waals surface area contributed by atoms with Crippen LogP contribution < -0.4 is 5.32 Å². The van der Waals surface area contributed by atoms with Crippen molar-refractivity contribution in [2.75, 3.05) is 32.8 Å². The highest BCUT2D eigenvalue weighted by atomic mass is 127. The molecule has 1 aromatic heterocycles. The lowest BCUT2D eigenvalue weighted by atomic mass is 9.78. The van der Waals surface area contributed by atoms with E-state index in [0.717, 1.165) is 51.6 Å². The van der Waals surface area contributed by atoms with Gasteiger partial charge < -0.3 is 15.0 Å². The van der Waals surface area contributed by atoms with Crippen LogP contribution in [0, 0.1) is 11.3 Å². The number of ether oxygens (including phenoxy) is 1. The fourth-order valence-electron chi connectivity index (χ4n) is 4.49. The van der Waals surface area contributed by atoms with E-state index in [1.807, 2.05) is 17.9 Å². The van der Waals surface area contributed by atoms with E-state index in [2.05, 4.69) is 49.2 Å². The summed E-state index contributed by atoms with van der Waals surface area (Å²) in [5, 5.41) is 7.84. The lowest BCUT2D eigenvalue weighted by molar-refractivity contribution is -0.0824. The Bertz CT molecular complexity index is 639. The minimum absolute atomic E-state index is 0. The molecule has 0 amide bonds. The molecule has 2 aliphatic heterocycles. The zero-order valence-corrected chi connectivity index (χ0v) is 20.5. The van der Waals surface area contributed by atoms with Crippen LogP contribution in [0.25, 0.3) is 0 Å². The minimum Gasteiger partial charge on any atom is -0.377 e. The largest absolute Gasteiger partial charge is 0.377 e. The van der Waals surface area contributed by atoms with Crippen LogP contribution in [-0.2, 0) is 11.8 Å². The van der Waals surface area contributed by atoms with Crippen LogP contribution in [0.3, 0.4) is 0 Å². The molecule has 0 saturated carbocycles. The summed E-state index contributed by atoms with van der Waals surface area (Å²) in [6, 6.07) is 0. The van der Waals surface area contributed by atoms with Gasteiger partial charge in [-0.2, -0.15) is 5.10 Å². The van der Waals surface area contributed by atoms with Gasteiger partial charge in [0.15, 0.2) is 5.96 Å². The van der Waals surface area contributed by atoms with Gasteiger partial charge in [-0.25, -0.2) is 0 Å². The molecule has 3 atom stereocenters. The van der Waals surface area contributed by atoms with E-state index in [1.54, 1.807) is 0 Å². The van der Waals surface area contributed by atoms with Crippen molar-refractivity contribution in [2.24, 2.45) is 23.4 Å². The summed E-state index contributed by atoms with van der Waals surface area (Å²) in [7, 11) is 1.99. The molecule has 6 nitrogen and oxygen atoms in total. The normalized spacial score (nSPS) is 26.2. The smallest absolute Gasteiger partial charge is 0.193 e. The zero-order valence-electron chi connectivity index (χ0n) is 18.1. The minimum atomic E-state index is 0. The summed E-state index contributed by atoms with van der Waals surface area (Å²) in [4.78, 5) is 7.46. The second-order valence-electron chi connectivity index (χ2n) is 9.13. The Morgan fingerprint density at radius 3 is 2.79 bits per heavy atom. The molecule has 2 fully saturated rings. The summed E-state index contributed by atoms with van der Waals surface area (Å²) in [5.74, 6) is 2.11. The summed E-state index contributed by atoms with van der Waals surface area (Å²) in [6.45, 7) is 13.7. The number of hydrogen-bond donors (Lipinski definition) is 1. The molecule has 1 N–H and O–H groups in total. The number of nitrogens with one attached hydrogen (secondary N) is 1. The Hall–Kier alpha value is -0.830. The zero-order chi connectivity index (χ0) is 19.4. The van der Waals surface area contributed by atoms with Gasteiger partial charge in [-0.1, -0.05) is 20.8 Å². The van der Waals surface area contributed by atoms with E-state index in [9.17, 15) is 0 Å². The van der Waals surface area contributed by atoms with Gasteiger partial charge in [0, 0.05) is 57.9 Å². The molecule has 0 aliphatic carbocycles. The molecular formula is C21H38IN5O. The molecule has 0 spiro atoms. The number of halogens is 1. The van der Waals surface area contributed by atoms with E-state index in [4.69, 9.17) is 9.73 Å². The predicted molar refractivity (Wildman–Crippen MR) is 125 cm³/mol. The van der Waals surface area contributed by atoms with Crippen molar-refractivity contribution in [1.82, 2.24) is 20.0 Å². The van der Waals surface area contributed by atoms with E-state index in [-0.39, 0.29) is 29.4 Å². The SMILES string of the molecule is CCNC(=NCC1CCCOC1C(C)(C)C)N1CCC(c2cnn(C)c2)C1.I. The highest BCUT2D eigenvalue weighted by Crippen LogP contribution is 2.34. The maximum absolute atomic E-state index is 6.14. The highest BCUT2D eigenvalue weighted by molar-refractivity contribution is 14.0. The van der Waals surface area contributed by atoms with Crippen molar-refractivity contribution in [3.05, 3.63) is 18.0 Å². The first kappa shape index (κ1) is 23.4. The number of aliphatic imine (C=N–C) groups is 1. The molecule has 160 valence electrons. The molecule has 7 heteroatoms. The van der Waals surface area contributed by atoms with Crippen molar-refractivity contribution in [1.29, 1.82) is 0 Å². The standard InChI is InChI=1S/C21H37N5O.HI/c1-6-22-20(23-12-16-8-7-11-27-19(16)21(2,3)4)26-10-9-17(15-26)18-13-24-25(5)14-18;/h13-14,16-17,19H,6-12,15H2,1-5H3,(H,22,23);1H. The van der Waals surface area contributed by atoms with Crippen LogP contribution in [0.4, 0.5) is 0 Å². The van der Waals surface area contributed by atoms with Crippen molar-refractivity contribution in [3.8, 4) is 0 Å². The number of rotatable bonds is 4. The molecule has 2 saturated heterocycles. The third kappa shape index (κ3) is 5.84. The number of aromatic nitrogens is 2. The molecule has 0 radical (unpaired) electrons. The molecule has 3 rings (SSSR count). The molecule has 2 aliphatic rings. The third-order valence-corrected chi connectivity index (χ3v) is 5.79. The van der Waals surface area contributed by atoms with E-state index >= 15 is 0 Å². The lowest BCUT2D eigenvalue weighted by Crippen LogP contribution is -2.43. The number of hydrogen-bond acceptors (Lipinski definition) is 3. The van der Waals surface area contributed by atoms with Crippen LogP contribution >= 0.6 is 24.0 Å². The number of aryl methyl sites for hydroxylation is 1. The Morgan fingerprint density at radius 2 is 2.14 bits per heavy atom. The van der Waals surface area contributed by atoms with E-state index < -0.39 is 0 Å². The van der Waals surface area contributed by atoms with Gasteiger partial charge in [-0.3, -0.25) is 9.67 Å². The summed E-state index contributed by atoms with van der Waals surface area (Å²) in [6.07, 6.45) is 7.96. The second-order valence-corrected chi connectivity index (χ2v) is 9.13. The topological polar surface area (TPSA) is 54.7 Å². The van der Waals surface area contributed by atoms with Gasteiger partial charge in [0.05, 0.1) is 12.3 Å². The molecule has 0 bridgehead atoms. The predicted octanol–water partition coefficient (Wildman–Crippen LogP) is 3.63. The Kier molecular flexibility index (Phi) is 8.60. The van der Waals surface area contributed by atoms with E-state index in [0.29, 0.717) is 17.9 Å². The highest BCUT2D eigenvalue weighted by Gasteiger charge is 2.35. The first-order chi connectivity index (χ1) is 12.9. The average Bonchev–Trinajstić information content (AvgIpc) is 3.27. The van der Waals surface area contributed by atoms with Crippen LogP contribution in [0.15, 0.2) is 17.4 Å².